The summed E-state index contributed by atoms with van der Waals surface area (Å²) in [6, 6.07) is 0. The Balaban J connectivity index is 1.80. The van der Waals surface area contributed by atoms with Gasteiger partial charge in [-0.05, 0) is 12.8 Å². The molecule has 0 aromatic carbocycles. The lowest BCUT2D eigenvalue weighted by atomic mass is 10.3. The van der Waals surface area contributed by atoms with Gasteiger partial charge in [0.05, 0.1) is 6.33 Å². The van der Waals surface area contributed by atoms with Crippen LogP contribution in [0.15, 0.2) is 18.7 Å². The van der Waals surface area contributed by atoms with Crippen LogP contribution in [-0.4, -0.2) is 45.1 Å². The number of unbranched alkanes of at least 4 members (excludes halogenated alkanes) is 1. The van der Waals surface area contributed by atoms with E-state index in [1.807, 2.05) is 26.6 Å². The fourth-order valence-corrected chi connectivity index (χ4v) is 1.75. The van der Waals surface area contributed by atoms with Gasteiger partial charge < -0.3 is 14.8 Å². The molecule has 2 aromatic heterocycles. The zero-order valence-electron chi connectivity index (χ0n) is 12.3. The molecule has 0 aliphatic carbocycles. The predicted molar refractivity (Wildman–Crippen MR) is 81.9 cm³/mol. The van der Waals surface area contributed by atoms with Crippen molar-refractivity contribution in [2.75, 3.05) is 36.3 Å². The van der Waals surface area contributed by atoms with E-state index in [-0.39, 0.29) is 0 Å². The molecule has 114 valence electrons. The third-order valence-corrected chi connectivity index (χ3v) is 2.84. The maximum atomic E-state index is 5.36. The quantitative estimate of drug-likeness (QED) is 0.362. The summed E-state index contributed by atoms with van der Waals surface area (Å²) in [7, 11) is 3.73. The monoisotopic (exact) mass is 291 g/mol. The highest BCUT2D eigenvalue weighted by molar-refractivity contribution is 5.42. The van der Waals surface area contributed by atoms with Crippen molar-refractivity contribution in [1.29, 1.82) is 0 Å². The van der Waals surface area contributed by atoms with E-state index < -0.39 is 0 Å². The van der Waals surface area contributed by atoms with Gasteiger partial charge in [-0.25, -0.2) is 10.8 Å². The number of nitrogen functional groups attached to an aromatic ring is 1. The lowest BCUT2D eigenvalue weighted by molar-refractivity contribution is 0.620. The van der Waals surface area contributed by atoms with Crippen molar-refractivity contribution in [2.24, 2.45) is 5.84 Å². The Labute approximate surface area is 123 Å². The number of nitrogens with zero attached hydrogens (tertiary/aromatic N) is 6. The second kappa shape index (κ2) is 7.39. The van der Waals surface area contributed by atoms with E-state index in [4.69, 9.17) is 5.84 Å². The molecule has 0 radical (unpaired) electrons. The largest absolute Gasteiger partial charge is 0.354 e. The van der Waals surface area contributed by atoms with Crippen molar-refractivity contribution < 1.29 is 0 Å². The molecule has 0 saturated carbocycles. The van der Waals surface area contributed by atoms with Crippen LogP contribution in [0.1, 0.15) is 12.8 Å². The second-order valence-electron chi connectivity index (χ2n) is 4.76. The molecular formula is C12H21N9. The maximum Gasteiger partial charge on any atom is 0.243 e. The molecule has 9 heteroatoms. The summed E-state index contributed by atoms with van der Waals surface area (Å²) in [4.78, 5) is 18.4. The van der Waals surface area contributed by atoms with Gasteiger partial charge >= 0.3 is 0 Å². The molecule has 2 aromatic rings. The standard InChI is InChI=1S/C12H21N9/c1-20(2)12-17-10(16-11(18-12)19-13)15-5-3-4-7-21-8-6-14-9-21/h6,8-9H,3-5,7,13H2,1-2H3,(H2,15,16,17,18,19). The van der Waals surface area contributed by atoms with Crippen LogP contribution in [0.25, 0.3) is 0 Å². The number of imidazole rings is 1. The Morgan fingerprint density at radius 2 is 2.00 bits per heavy atom. The first-order chi connectivity index (χ1) is 10.2. The molecule has 21 heavy (non-hydrogen) atoms. The summed E-state index contributed by atoms with van der Waals surface area (Å²) in [6.07, 6.45) is 7.63. The first-order valence-corrected chi connectivity index (χ1v) is 6.78. The number of nitrogens with one attached hydrogen (secondary N) is 2. The summed E-state index contributed by atoms with van der Waals surface area (Å²) >= 11 is 0. The van der Waals surface area contributed by atoms with E-state index in [9.17, 15) is 0 Å². The van der Waals surface area contributed by atoms with Crippen LogP contribution in [0.4, 0.5) is 17.8 Å². The summed E-state index contributed by atoms with van der Waals surface area (Å²) < 4.78 is 2.06. The highest BCUT2D eigenvalue weighted by atomic mass is 15.4. The van der Waals surface area contributed by atoms with Gasteiger partial charge in [0.25, 0.3) is 0 Å². The number of hydrogen-bond donors (Lipinski definition) is 3. The zero-order valence-corrected chi connectivity index (χ0v) is 12.3. The maximum absolute atomic E-state index is 5.36. The van der Waals surface area contributed by atoms with Gasteiger partial charge in [0.1, 0.15) is 0 Å². The first-order valence-electron chi connectivity index (χ1n) is 6.78. The van der Waals surface area contributed by atoms with E-state index in [1.165, 1.54) is 0 Å². The van der Waals surface area contributed by atoms with Crippen LogP contribution < -0.4 is 21.5 Å². The molecule has 0 unspecified atom stereocenters. The molecular weight excluding hydrogens is 270 g/mol. The molecule has 0 spiro atoms. The highest BCUT2D eigenvalue weighted by Crippen LogP contribution is 2.10. The smallest absolute Gasteiger partial charge is 0.243 e. The van der Waals surface area contributed by atoms with Gasteiger partial charge in [-0.3, -0.25) is 5.43 Å². The van der Waals surface area contributed by atoms with Crippen LogP contribution >= 0.6 is 0 Å². The van der Waals surface area contributed by atoms with Gasteiger partial charge in [-0.15, -0.1) is 0 Å². The molecule has 0 amide bonds. The van der Waals surface area contributed by atoms with Gasteiger partial charge in [-0.1, -0.05) is 0 Å². The van der Waals surface area contributed by atoms with E-state index >= 15 is 0 Å². The molecule has 0 aliphatic rings. The van der Waals surface area contributed by atoms with E-state index in [0.29, 0.717) is 17.8 Å². The van der Waals surface area contributed by atoms with Crippen molar-refractivity contribution in [3.63, 3.8) is 0 Å². The van der Waals surface area contributed by atoms with Crippen molar-refractivity contribution in [2.45, 2.75) is 19.4 Å². The summed E-state index contributed by atoms with van der Waals surface area (Å²) in [5, 5.41) is 3.19. The summed E-state index contributed by atoms with van der Waals surface area (Å²) in [6.45, 7) is 1.74. The Hall–Kier alpha value is -2.42. The van der Waals surface area contributed by atoms with E-state index in [0.717, 1.165) is 25.9 Å². The van der Waals surface area contributed by atoms with Crippen LogP contribution in [0, 0.1) is 0 Å². The molecule has 2 rings (SSSR count). The van der Waals surface area contributed by atoms with Crippen LogP contribution in [0.5, 0.6) is 0 Å². The number of aryl methyl sites for hydroxylation is 1. The number of hydrazine groups is 1. The van der Waals surface area contributed by atoms with Gasteiger partial charge in [-0.2, -0.15) is 15.0 Å². The van der Waals surface area contributed by atoms with Crippen molar-refractivity contribution in [3.8, 4) is 0 Å². The third kappa shape index (κ3) is 4.56. The topological polar surface area (TPSA) is 110 Å². The Bertz CT molecular complexity index is 538. The van der Waals surface area contributed by atoms with Crippen LogP contribution in [0.3, 0.4) is 0 Å². The number of rotatable bonds is 8. The number of nitrogens with two attached hydrogens (primary N) is 1. The Morgan fingerprint density at radius 3 is 2.67 bits per heavy atom. The molecule has 9 nitrogen and oxygen atoms in total. The normalized spacial score (nSPS) is 10.4. The molecule has 0 bridgehead atoms. The molecule has 0 aliphatic heterocycles. The van der Waals surface area contributed by atoms with Crippen molar-refractivity contribution in [1.82, 2.24) is 24.5 Å². The molecule has 2 heterocycles. The molecule has 0 fully saturated rings. The second-order valence-corrected chi connectivity index (χ2v) is 4.76. The SMILES string of the molecule is CN(C)c1nc(NN)nc(NCCCCn2ccnc2)n1. The zero-order chi connectivity index (χ0) is 15.1. The molecule has 4 N–H and O–H groups in total. The average Bonchev–Trinajstić information content (AvgIpc) is 2.99. The number of aromatic nitrogens is 5. The van der Waals surface area contributed by atoms with Gasteiger partial charge in [0.2, 0.25) is 17.8 Å². The predicted octanol–water partition coefficient (Wildman–Crippen LogP) is 0.312. The summed E-state index contributed by atoms with van der Waals surface area (Å²) in [5.74, 6) is 6.78. The minimum absolute atomic E-state index is 0.342. The minimum atomic E-state index is 0.342. The van der Waals surface area contributed by atoms with Gasteiger partial charge in [0.15, 0.2) is 0 Å². The first kappa shape index (κ1) is 15.0. The average molecular weight is 291 g/mol. The molecule has 0 atom stereocenters. The molecule has 0 saturated heterocycles. The lowest BCUT2D eigenvalue weighted by Crippen LogP contribution is -2.19. The number of anilines is 3. The third-order valence-electron chi connectivity index (χ3n) is 2.84. The van der Waals surface area contributed by atoms with Crippen molar-refractivity contribution >= 4 is 17.8 Å². The Kier molecular flexibility index (Phi) is 5.27. The van der Waals surface area contributed by atoms with Crippen molar-refractivity contribution in [3.05, 3.63) is 18.7 Å². The van der Waals surface area contributed by atoms with Crippen LogP contribution in [-0.2, 0) is 6.54 Å². The summed E-state index contributed by atoms with van der Waals surface area (Å²) in [5.41, 5.74) is 2.44. The fourth-order valence-electron chi connectivity index (χ4n) is 1.75. The van der Waals surface area contributed by atoms with Gasteiger partial charge in [0, 0.05) is 39.6 Å². The fraction of sp³-hybridized carbons (Fsp3) is 0.500. The lowest BCUT2D eigenvalue weighted by Gasteiger charge is -2.13. The van der Waals surface area contributed by atoms with Crippen LogP contribution in [0.2, 0.25) is 0 Å². The van der Waals surface area contributed by atoms with E-state index in [1.54, 1.807) is 11.1 Å². The minimum Gasteiger partial charge on any atom is -0.354 e. The number of hydrogen-bond acceptors (Lipinski definition) is 8. The Morgan fingerprint density at radius 1 is 1.19 bits per heavy atom. The van der Waals surface area contributed by atoms with E-state index in [2.05, 4.69) is 35.2 Å². The highest BCUT2D eigenvalue weighted by Gasteiger charge is 2.06.